The van der Waals surface area contributed by atoms with E-state index in [1.54, 1.807) is 29.2 Å². The molecule has 0 spiro atoms. The van der Waals surface area contributed by atoms with E-state index in [0.717, 1.165) is 18.9 Å². The lowest BCUT2D eigenvalue weighted by Gasteiger charge is -2.25. The summed E-state index contributed by atoms with van der Waals surface area (Å²) >= 11 is 0. The highest BCUT2D eigenvalue weighted by atomic mass is 19.4. The molecular formula is C20H18F3N3O. The quantitative estimate of drug-likeness (QED) is 0.715. The lowest BCUT2D eigenvalue weighted by molar-refractivity contribution is -0.136. The van der Waals surface area contributed by atoms with E-state index in [4.69, 9.17) is 6.57 Å². The molecule has 0 saturated heterocycles. The van der Waals surface area contributed by atoms with E-state index < -0.39 is 17.4 Å². The number of anilines is 2. The Kier molecular flexibility index (Phi) is 5.36. The number of nitrogens with zero attached hydrogens (tertiary/aromatic N) is 2. The van der Waals surface area contributed by atoms with Gasteiger partial charge in [-0.1, -0.05) is 24.3 Å². The van der Waals surface area contributed by atoms with Crippen LogP contribution in [-0.4, -0.2) is 19.0 Å². The van der Waals surface area contributed by atoms with Gasteiger partial charge in [0.05, 0.1) is 18.7 Å². The number of carbonyl (C=O) groups is 1. The normalized spacial score (nSPS) is 13.7. The van der Waals surface area contributed by atoms with E-state index in [0.29, 0.717) is 23.8 Å². The number of hydrogen-bond donors (Lipinski definition) is 1. The van der Waals surface area contributed by atoms with Crippen molar-refractivity contribution in [3.63, 3.8) is 0 Å². The van der Waals surface area contributed by atoms with Gasteiger partial charge in [-0.05, 0) is 43.0 Å². The molecule has 3 rings (SSSR count). The minimum atomic E-state index is -4.62. The van der Waals surface area contributed by atoms with Crippen LogP contribution in [0.2, 0.25) is 0 Å². The van der Waals surface area contributed by atoms with Crippen molar-refractivity contribution in [1.82, 2.24) is 0 Å². The van der Waals surface area contributed by atoms with E-state index in [9.17, 15) is 18.0 Å². The number of rotatable bonds is 6. The van der Waals surface area contributed by atoms with E-state index >= 15 is 0 Å². The van der Waals surface area contributed by atoms with Crippen LogP contribution in [0.15, 0.2) is 48.5 Å². The first-order valence-electron chi connectivity index (χ1n) is 8.55. The molecule has 0 atom stereocenters. The van der Waals surface area contributed by atoms with Gasteiger partial charge in [0.15, 0.2) is 5.69 Å². The van der Waals surface area contributed by atoms with Crippen molar-refractivity contribution < 1.29 is 18.0 Å². The Bertz CT molecular complexity index is 855. The van der Waals surface area contributed by atoms with Crippen LogP contribution in [0.4, 0.5) is 30.2 Å². The summed E-state index contributed by atoms with van der Waals surface area (Å²) in [5.41, 5.74) is -0.483. The number of hydrogen-bond acceptors (Lipinski definition) is 2. The Morgan fingerprint density at radius 3 is 2.48 bits per heavy atom. The molecule has 0 heterocycles. The van der Waals surface area contributed by atoms with Crippen LogP contribution in [0, 0.1) is 12.5 Å². The second-order valence-electron chi connectivity index (χ2n) is 6.55. The number of amides is 1. The molecule has 0 aromatic heterocycles. The summed E-state index contributed by atoms with van der Waals surface area (Å²) in [6.07, 6.45) is -2.61. The van der Waals surface area contributed by atoms with Crippen LogP contribution in [0.3, 0.4) is 0 Å². The minimum Gasteiger partial charge on any atom is -0.362 e. The zero-order chi connectivity index (χ0) is 19.4. The van der Waals surface area contributed by atoms with Gasteiger partial charge in [-0.2, -0.15) is 13.2 Å². The van der Waals surface area contributed by atoms with Gasteiger partial charge < -0.3 is 10.2 Å². The summed E-state index contributed by atoms with van der Waals surface area (Å²) in [4.78, 5) is 17.0. The van der Waals surface area contributed by atoms with E-state index in [1.807, 2.05) is 6.07 Å². The molecule has 0 radical (unpaired) electrons. The summed E-state index contributed by atoms with van der Waals surface area (Å²) in [6, 6.07) is 12.5. The molecule has 1 fully saturated rings. The minimum absolute atomic E-state index is 0.0555. The molecule has 1 amide bonds. The molecule has 0 bridgehead atoms. The van der Waals surface area contributed by atoms with Crippen LogP contribution < -0.4 is 10.2 Å². The highest BCUT2D eigenvalue weighted by Crippen LogP contribution is 2.39. The maximum atomic E-state index is 13.3. The molecule has 2 aromatic rings. The third-order valence-electron chi connectivity index (χ3n) is 4.34. The highest BCUT2D eigenvalue weighted by Gasteiger charge is 2.34. The van der Waals surface area contributed by atoms with E-state index in [-0.39, 0.29) is 12.5 Å². The Balaban J connectivity index is 1.82. The fourth-order valence-corrected chi connectivity index (χ4v) is 2.81. The van der Waals surface area contributed by atoms with Crippen LogP contribution in [0.25, 0.3) is 4.85 Å². The van der Waals surface area contributed by atoms with Gasteiger partial charge in [0.1, 0.15) is 0 Å². The van der Waals surface area contributed by atoms with Gasteiger partial charge in [-0.15, -0.1) is 0 Å². The molecule has 1 N–H and O–H groups in total. The average Bonchev–Trinajstić information content (AvgIpc) is 3.45. The molecule has 0 unspecified atom stereocenters. The Hall–Kier alpha value is -3.01. The topological polar surface area (TPSA) is 36.7 Å². The molecule has 1 aliphatic carbocycles. The van der Waals surface area contributed by atoms with Crippen molar-refractivity contribution in [3.8, 4) is 0 Å². The molecule has 4 nitrogen and oxygen atoms in total. The van der Waals surface area contributed by atoms with Crippen LogP contribution in [0.1, 0.15) is 18.4 Å². The largest absolute Gasteiger partial charge is 0.407 e. The summed E-state index contributed by atoms with van der Waals surface area (Å²) in [7, 11) is 0. The summed E-state index contributed by atoms with van der Waals surface area (Å²) in [5, 5.41) is 2.75. The third-order valence-corrected chi connectivity index (χ3v) is 4.34. The molecule has 1 aliphatic rings. The maximum absolute atomic E-state index is 13.3. The standard InChI is InChI=1S/C20H18F3N3O/c1-24-18-10-9-16(11-17(18)20(21,22)23)26(12-14-7-8-14)13-19(27)25-15-5-3-2-4-6-15/h2-6,9-11,14H,7-8,12-13H2,(H,25,27). The Morgan fingerprint density at radius 1 is 1.19 bits per heavy atom. The predicted molar refractivity (Wildman–Crippen MR) is 97.7 cm³/mol. The number of nitrogens with one attached hydrogen (secondary N) is 1. The van der Waals surface area contributed by atoms with E-state index in [1.165, 1.54) is 12.1 Å². The van der Waals surface area contributed by atoms with Gasteiger partial charge in [-0.25, -0.2) is 4.85 Å². The molecule has 7 heteroatoms. The van der Waals surface area contributed by atoms with Crippen molar-refractivity contribution in [3.05, 3.63) is 65.5 Å². The lowest BCUT2D eigenvalue weighted by atomic mass is 10.1. The molecule has 2 aromatic carbocycles. The van der Waals surface area contributed by atoms with Crippen LogP contribution in [-0.2, 0) is 11.0 Å². The smallest absolute Gasteiger partial charge is 0.362 e. The Labute approximate surface area is 155 Å². The number of carbonyl (C=O) groups excluding carboxylic acids is 1. The summed E-state index contributed by atoms with van der Waals surface area (Å²) < 4.78 is 39.8. The number of para-hydroxylation sites is 1. The lowest BCUT2D eigenvalue weighted by Crippen LogP contribution is -2.35. The Morgan fingerprint density at radius 2 is 1.89 bits per heavy atom. The first-order chi connectivity index (χ1) is 12.9. The van der Waals surface area contributed by atoms with Gasteiger partial charge in [0, 0.05) is 17.9 Å². The van der Waals surface area contributed by atoms with Crippen LogP contribution >= 0.6 is 0 Å². The predicted octanol–water partition coefficient (Wildman–Crippen LogP) is 5.11. The molecular weight excluding hydrogens is 355 g/mol. The summed E-state index contributed by atoms with van der Waals surface area (Å²) in [5.74, 6) is 0.0778. The molecule has 0 aliphatic heterocycles. The maximum Gasteiger partial charge on any atom is 0.407 e. The SMILES string of the molecule is [C-]#[N+]c1ccc(N(CC(=O)Nc2ccccc2)CC2CC2)cc1C(F)(F)F. The van der Waals surface area contributed by atoms with Crippen LogP contribution in [0.5, 0.6) is 0 Å². The monoisotopic (exact) mass is 373 g/mol. The first kappa shape index (κ1) is 18.8. The number of alkyl halides is 3. The van der Waals surface area contributed by atoms with E-state index in [2.05, 4.69) is 10.2 Å². The van der Waals surface area contributed by atoms with Crippen molar-refractivity contribution >= 4 is 23.0 Å². The summed E-state index contributed by atoms with van der Waals surface area (Å²) in [6.45, 7) is 7.41. The van der Waals surface area contributed by atoms with Crippen molar-refractivity contribution in [2.45, 2.75) is 19.0 Å². The highest BCUT2D eigenvalue weighted by molar-refractivity contribution is 5.94. The van der Waals surface area contributed by atoms with Crippen molar-refractivity contribution in [1.29, 1.82) is 0 Å². The van der Waals surface area contributed by atoms with Gasteiger partial charge >= 0.3 is 6.18 Å². The number of halogens is 3. The fourth-order valence-electron chi connectivity index (χ4n) is 2.81. The van der Waals surface area contributed by atoms with Gasteiger partial charge in [0.2, 0.25) is 5.91 Å². The zero-order valence-electron chi connectivity index (χ0n) is 14.5. The second kappa shape index (κ2) is 7.70. The number of benzene rings is 2. The first-order valence-corrected chi connectivity index (χ1v) is 8.55. The van der Waals surface area contributed by atoms with Crippen molar-refractivity contribution in [2.24, 2.45) is 5.92 Å². The second-order valence-corrected chi connectivity index (χ2v) is 6.55. The molecule has 27 heavy (non-hydrogen) atoms. The molecule has 1 saturated carbocycles. The van der Waals surface area contributed by atoms with Gasteiger partial charge in [-0.3, -0.25) is 4.79 Å². The van der Waals surface area contributed by atoms with Crippen molar-refractivity contribution in [2.75, 3.05) is 23.3 Å². The zero-order valence-corrected chi connectivity index (χ0v) is 14.5. The average molecular weight is 373 g/mol. The van der Waals surface area contributed by atoms with Gasteiger partial charge in [0.25, 0.3) is 0 Å². The molecule has 140 valence electrons. The third kappa shape index (κ3) is 5.00. The fraction of sp³-hybridized carbons (Fsp3) is 0.300.